The van der Waals surface area contributed by atoms with Crippen molar-refractivity contribution in [2.75, 3.05) is 13.1 Å². The molecule has 0 saturated carbocycles. The largest absolute Gasteiger partial charge is 0.373 e. The Kier molecular flexibility index (Phi) is 6.17. The lowest BCUT2D eigenvalue weighted by molar-refractivity contribution is -0.0440. The summed E-state index contributed by atoms with van der Waals surface area (Å²) in [5.74, 6) is -0.304. The lowest BCUT2D eigenvalue weighted by Gasteiger charge is -2.34. The van der Waals surface area contributed by atoms with E-state index in [-0.39, 0.29) is 23.0 Å². The van der Waals surface area contributed by atoms with Gasteiger partial charge in [0.15, 0.2) is 0 Å². The Hall–Kier alpha value is -2.22. The Labute approximate surface area is 166 Å². The van der Waals surface area contributed by atoms with E-state index in [1.807, 2.05) is 45.0 Å². The first kappa shape index (κ1) is 20.5. The average molecular weight is 403 g/mol. The van der Waals surface area contributed by atoms with Crippen molar-refractivity contribution in [1.29, 1.82) is 0 Å². The van der Waals surface area contributed by atoms with Gasteiger partial charge in [-0.3, -0.25) is 4.79 Å². The molecular formula is C21H26N2O4S. The highest BCUT2D eigenvalue weighted by molar-refractivity contribution is 7.89. The molecule has 7 heteroatoms. The van der Waals surface area contributed by atoms with Crippen LogP contribution in [0.5, 0.6) is 0 Å². The standard InChI is InChI=1S/C21H26N2O4S/c1-15-7-9-18(10-8-15)12-22-21(24)19-5-4-6-20(11-19)28(25,26)23-13-16(2)27-17(3)14-23/h4-11,16-17H,12-14H2,1-3H3,(H,22,24). The Bertz CT molecular complexity index is 931. The minimum absolute atomic E-state index is 0.122. The summed E-state index contributed by atoms with van der Waals surface area (Å²) in [4.78, 5) is 12.6. The van der Waals surface area contributed by atoms with Gasteiger partial charge in [0.2, 0.25) is 10.0 Å². The lowest BCUT2D eigenvalue weighted by atomic mass is 10.1. The molecule has 3 rings (SSSR count). The molecular weight excluding hydrogens is 376 g/mol. The number of carbonyl (C=O) groups is 1. The fraction of sp³-hybridized carbons (Fsp3) is 0.381. The first-order chi connectivity index (χ1) is 13.3. The van der Waals surface area contributed by atoms with E-state index in [1.165, 1.54) is 16.4 Å². The molecule has 2 aromatic carbocycles. The molecule has 1 heterocycles. The third-order valence-electron chi connectivity index (χ3n) is 4.69. The molecule has 0 aliphatic carbocycles. The van der Waals surface area contributed by atoms with Crippen molar-refractivity contribution in [3.63, 3.8) is 0 Å². The fourth-order valence-corrected chi connectivity index (χ4v) is 4.90. The topological polar surface area (TPSA) is 75.7 Å². The van der Waals surface area contributed by atoms with Crippen molar-refractivity contribution in [2.24, 2.45) is 0 Å². The molecule has 28 heavy (non-hydrogen) atoms. The lowest BCUT2D eigenvalue weighted by Crippen LogP contribution is -2.48. The zero-order valence-electron chi connectivity index (χ0n) is 16.4. The average Bonchev–Trinajstić information content (AvgIpc) is 2.66. The number of nitrogens with one attached hydrogen (secondary N) is 1. The second-order valence-corrected chi connectivity index (χ2v) is 9.21. The van der Waals surface area contributed by atoms with Gasteiger partial charge in [-0.1, -0.05) is 35.9 Å². The zero-order chi connectivity index (χ0) is 20.3. The van der Waals surface area contributed by atoms with E-state index in [4.69, 9.17) is 4.74 Å². The quantitative estimate of drug-likeness (QED) is 0.834. The molecule has 0 bridgehead atoms. The fourth-order valence-electron chi connectivity index (χ4n) is 3.26. The van der Waals surface area contributed by atoms with Crippen molar-refractivity contribution in [3.05, 3.63) is 65.2 Å². The number of sulfonamides is 1. The maximum Gasteiger partial charge on any atom is 0.251 e. The molecule has 1 aliphatic rings. The van der Waals surface area contributed by atoms with Crippen molar-refractivity contribution in [1.82, 2.24) is 9.62 Å². The monoisotopic (exact) mass is 402 g/mol. The van der Waals surface area contributed by atoms with E-state index in [0.29, 0.717) is 25.2 Å². The number of carbonyl (C=O) groups excluding carboxylic acids is 1. The summed E-state index contributed by atoms with van der Waals surface area (Å²) in [7, 11) is -3.68. The van der Waals surface area contributed by atoms with Gasteiger partial charge in [-0.15, -0.1) is 0 Å². The number of nitrogens with zero attached hydrogens (tertiary/aromatic N) is 1. The first-order valence-electron chi connectivity index (χ1n) is 9.35. The van der Waals surface area contributed by atoms with Crippen molar-refractivity contribution in [2.45, 2.75) is 44.4 Å². The number of aryl methyl sites for hydroxylation is 1. The second-order valence-electron chi connectivity index (χ2n) is 7.28. The summed E-state index contributed by atoms with van der Waals surface area (Å²) in [6, 6.07) is 14.1. The molecule has 6 nitrogen and oxygen atoms in total. The highest BCUT2D eigenvalue weighted by atomic mass is 32.2. The van der Waals surface area contributed by atoms with E-state index in [1.54, 1.807) is 12.1 Å². The van der Waals surface area contributed by atoms with E-state index >= 15 is 0 Å². The van der Waals surface area contributed by atoms with Gasteiger partial charge in [0.05, 0.1) is 17.1 Å². The third kappa shape index (κ3) is 4.79. The molecule has 0 aromatic heterocycles. The number of rotatable bonds is 5. The van der Waals surface area contributed by atoms with Crippen molar-refractivity contribution in [3.8, 4) is 0 Å². The molecule has 2 aromatic rings. The van der Waals surface area contributed by atoms with Crippen LogP contribution >= 0.6 is 0 Å². The summed E-state index contributed by atoms with van der Waals surface area (Å²) in [5.41, 5.74) is 2.46. The number of morpholine rings is 1. The van der Waals surface area contributed by atoms with Crippen LogP contribution in [0.1, 0.15) is 35.3 Å². The number of hydrogen-bond acceptors (Lipinski definition) is 4. The SMILES string of the molecule is Cc1ccc(CNC(=O)c2cccc(S(=O)(=O)N3CC(C)OC(C)C3)c2)cc1. The van der Waals surface area contributed by atoms with Crippen LogP contribution in [0.2, 0.25) is 0 Å². The Morgan fingerprint density at radius 1 is 1.11 bits per heavy atom. The van der Waals surface area contributed by atoms with E-state index < -0.39 is 10.0 Å². The van der Waals surface area contributed by atoms with Crippen LogP contribution in [0.3, 0.4) is 0 Å². The normalized spacial score (nSPS) is 20.7. The summed E-state index contributed by atoms with van der Waals surface area (Å²) in [6.07, 6.45) is -0.334. The molecule has 2 atom stereocenters. The molecule has 0 radical (unpaired) electrons. The van der Waals surface area contributed by atoms with Gasteiger partial charge in [0, 0.05) is 25.2 Å². The summed E-state index contributed by atoms with van der Waals surface area (Å²) in [6.45, 7) is 6.70. The van der Waals surface area contributed by atoms with Gasteiger partial charge >= 0.3 is 0 Å². The molecule has 0 spiro atoms. The summed E-state index contributed by atoms with van der Waals surface area (Å²) < 4.78 is 33.1. The van der Waals surface area contributed by atoms with Gasteiger partial charge in [-0.2, -0.15) is 4.31 Å². The van der Waals surface area contributed by atoms with Crippen LogP contribution in [0.25, 0.3) is 0 Å². The maximum absolute atomic E-state index is 13.0. The van der Waals surface area contributed by atoms with Crippen LogP contribution in [0.4, 0.5) is 0 Å². The molecule has 2 unspecified atom stereocenters. The number of amides is 1. The van der Waals surface area contributed by atoms with Gasteiger partial charge in [0.25, 0.3) is 5.91 Å². The Balaban J connectivity index is 1.73. The summed E-state index contributed by atoms with van der Waals surface area (Å²) >= 11 is 0. The predicted molar refractivity (Wildman–Crippen MR) is 108 cm³/mol. The van der Waals surface area contributed by atoms with Gasteiger partial charge < -0.3 is 10.1 Å². The van der Waals surface area contributed by atoms with E-state index in [2.05, 4.69) is 5.32 Å². The van der Waals surface area contributed by atoms with Crippen LogP contribution in [0.15, 0.2) is 53.4 Å². The van der Waals surface area contributed by atoms with Gasteiger partial charge in [0.1, 0.15) is 0 Å². The zero-order valence-corrected chi connectivity index (χ0v) is 17.2. The van der Waals surface area contributed by atoms with E-state index in [9.17, 15) is 13.2 Å². The number of benzene rings is 2. The van der Waals surface area contributed by atoms with Crippen molar-refractivity contribution >= 4 is 15.9 Å². The Morgan fingerprint density at radius 2 is 1.75 bits per heavy atom. The smallest absolute Gasteiger partial charge is 0.251 e. The minimum atomic E-state index is -3.68. The molecule has 1 aliphatic heterocycles. The Morgan fingerprint density at radius 3 is 2.39 bits per heavy atom. The highest BCUT2D eigenvalue weighted by Gasteiger charge is 2.32. The molecule has 1 saturated heterocycles. The second kappa shape index (κ2) is 8.43. The predicted octanol–water partition coefficient (Wildman–Crippen LogP) is 2.72. The van der Waals surface area contributed by atoms with Gasteiger partial charge in [-0.05, 0) is 44.5 Å². The molecule has 1 N–H and O–H groups in total. The third-order valence-corrected chi connectivity index (χ3v) is 6.52. The van der Waals surface area contributed by atoms with Crippen LogP contribution in [-0.4, -0.2) is 43.9 Å². The van der Waals surface area contributed by atoms with E-state index in [0.717, 1.165) is 11.1 Å². The molecule has 1 fully saturated rings. The number of hydrogen-bond donors (Lipinski definition) is 1. The minimum Gasteiger partial charge on any atom is -0.373 e. The maximum atomic E-state index is 13.0. The number of ether oxygens (including phenoxy) is 1. The van der Waals surface area contributed by atoms with Gasteiger partial charge in [-0.25, -0.2) is 8.42 Å². The van der Waals surface area contributed by atoms with Crippen LogP contribution in [-0.2, 0) is 21.3 Å². The molecule has 1 amide bonds. The molecule has 150 valence electrons. The highest BCUT2D eigenvalue weighted by Crippen LogP contribution is 2.22. The summed E-state index contributed by atoms with van der Waals surface area (Å²) in [5, 5.41) is 2.84. The van der Waals surface area contributed by atoms with Crippen LogP contribution < -0.4 is 5.32 Å². The van der Waals surface area contributed by atoms with Crippen molar-refractivity contribution < 1.29 is 17.9 Å². The van der Waals surface area contributed by atoms with Crippen LogP contribution in [0, 0.1) is 6.92 Å². The first-order valence-corrected chi connectivity index (χ1v) is 10.8.